The lowest BCUT2D eigenvalue weighted by Crippen LogP contribution is -2.51. The molecule has 0 bridgehead atoms. The number of nitrogens with one attached hydrogen (secondary N) is 3. The van der Waals surface area contributed by atoms with Crippen molar-refractivity contribution in [2.45, 2.75) is 76.9 Å². The summed E-state index contributed by atoms with van der Waals surface area (Å²) in [5, 5.41) is 4.98. The molecule has 3 amide bonds. The van der Waals surface area contributed by atoms with Crippen LogP contribution in [0.25, 0.3) is 44.4 Å². The lowest BCUT2D eigenvalue weighted by Gasteiger charge is -2.30. The topological polar surface area (TPSA) is 136 Å². The molecule has 4 aromatic carbocycles. The number of fused-ring (bicyclic) bond motifs is 4. The number of carbonyl (C=O) groups excluding carboxylic acids is 3. The van der Waals surface area contributed by atoms with Crippen molar-refractivity contribution in [2.24, 2.45) is 5.92 Å². The molecule has 3 N–H and O–H groups in total. The summed E-state index contributed by atoms with van der Waals surface area (Å²) in [5.74, 6) is 1.59. The zero-order chi connectivity index (χ0) is 39.9. The molecule has 0 saturated carbocycles. The molecular formula is C47H49N7O4. The third-order valence-corrected chi connectivity index (χ3v) is 12.2. The third kappa shape index (κ3) is 7.14. The van der Waals surface area contributed by atoms with Gasteiger partial charge in [0, 0.05) is 29.9 Å². The SMILES string of the molecule is COC(=O)N[C@H](C(=O)N1CCC[C@H]1c1ncc(-c2ccc3cc(-c4ccc5c(c4)CCc4[nH]c([C@@H]6CCCN6C(=O)Cc6ccccc6)nc4-5)ccc3c2)[nH]1)C(C)C. The highest BCUT2D eigenvalue weighted by Gasteiger charge is 2.38. The fraction of sp³-hybridized carbons (Fsp3) is 0.340. The van der Waals surface area contributed by atoms with E-state index in [1.165, 1.54) is 23.8 Å². The third-order valence-electron chi connectivity index (χ3n) is 12.2. The number of hydrogen-bond donors (Lipinski definition) is 3. The number of methoxy groups -OCH3 is 1. The first-order valence-corrected chi connectivity index (χ1v) is 20.5. The first-order valence-electron chi connectivity index (χ1n) is 20.5. The smallest absolute Gasteiger partial charge is 0.407 e. The van der Waals surface area contributed by atoms with Gasteiger partial charge >= 0.3 is 6.09 Å². The second kappa shape index (κ2) is 15.6. The maximum Gasteiger partial charge on any atom is 0.407 e. The number of carbonyl (C=O) groups is 3. The highest BCUT2D eigenvalue weighted by Crippen LogP contribution is 2.39. The molecule has 2 aliphatic heterocycles. The Morgan fingerprint density at radius 2 is 1.50 bits per heavy atom. The van der Waals surface area contributed by atoms with Crippen molar-refractivity contribution in [1.82, 2.24) is 35.1 Å². The van der Waals surface area contributed by atoms with Gasteiger partial charge < -0.3 is 29.8 Å². The first kappa shape index (κ1) is 37.4. The summed E-state index contributed by atoms with van der Waals surface area (Å²) in [6, 6.07) is 28.8. The van der Waals surface area contributed by atoms with Crippen molar-refractivity contribution < 1.29 is 19.1 Å². The Bertz CT molecular complexity index is 2510. The van der Waals surface area contributed by atoms with Gasteiger partial charge in [-0.3, -0.25) is 9.59 Å². The van der Waals surface area contributed by atoms with Crippen LogP contribution in [0.15, 0.2) is 91.1 Å². The van der Waals surface area contributed by atoms with E-state index < -0.39 is 12.1 Å². The molecule has 4 heterocycles. The molecule has 6 aromatic rings. The molecule has 58 heavy (non-hydrogen) atoms. The second-order valence-electron chi connectivity index (χ2n) is 16.2. The summed E-state index contributed by atoms with van der Waals surface area (Å²) >= 11 is 0. The van der Waals surface area contributed by atoms with Gasteiger partial charge in [0.2, 0.25) is 11.8 Å². The molecule has 11 heteroatoms. The number of H-pyrrole nitrogens is 2. The number of benzene rings is 4. The zero-order valence-corrected chi connectivity index (χ0v) is 33.3. The minimum atomic E-state index is -0.677. The Labute approximate surface area is 338 Å². The van der Waals surface area contributed by atoms with Crippen LogP contribution >= 0.6 is 0 Å². The molecule has 0 unspecified atom stereocenters. The quantitative estimate of drug-likeness (QED) is 0.135. The number of nitrogens with zero attached hydrogens (tertiary/aromatic N) is 4. The number of alkyl carbamates (subject to hydrolysis) is 1. The number of imidazole rings is 2. The Balaban J connectivity index is 0.903. The van der Waals surface area contributed by atoms with Gasteiger partial charge in [-0.05, 0) is 89.6 Å². The Kier molecular flexibility index (Phi) is 10.1. The van der Waals surface area contributed by atoms with E-state index in [0.717, 1.165) is 101 Å². The van der Waals surface area contributed by atoms with Crippen LogP contribution in [-0.2, 0) is 33.6 Å². The number of aromatic nitrogens is 4. The Hall–Kier alpha value is -6.23. The van der Waals surface area contributed by atoms with E-state index in [1.54, 1.807) is 0 Å². The Morgan fingerprint density at radius 1 is 0.810 bits per heavy atom. The van der Waals surface area contributed by atoms with Gasteiger partial charge in [0.25, 0.3) is 0 Å². The van der Waals surface area contributed by atoms with Crippen molar-refractivity contribution in [3.8, 4) is 33.6 Å². The fourth-order valence-electron chi connectivity index (χ4n) is 9.12. The predicted molar refractivity (Wildman–Crippen MR) is 224 cm³/mol. The number of hydrogen-bond acceptors (Lipinski definition) is 6. The van der Waals surface area contributed by atoms with Crippen LogP contribution in [0.1, 0.15) is 80.1 Å². The average molecular weight is 776 g/mol. The largest absolute Gasteiger partial charge is 0.453 e. The standard InChI is InChI=1S/C47H49N7O4/c1-28(2)42(52-47(57)58-3)46(56)54-22-8-11-39(54)44-48-27-38(50-44)35-16-15-31-24-30(13-14-32(31)26-35)33-17-19-36-34(25-33)18-20-37-43(36)51-45(49-37)40-12-7-21-53(40)41(55)23-29-9-5-4-6-10-29/h4-6,9-10,13-17,19,24-28,39-40,42H,7-8,11-12,18,20-23H2,1-3H3,(H,48,50)(H,49,51)(H,52,57)/t39-,40-,42-/m0/s1. The van der Waals surface area contributed by atoms with Crippen LogP contribution < -0.4 is 5.32 Å². The molecule has 3 aliphatic rings. The summed E-state index contributed by atoms with van der Waals surface area (Å²) in [6.07, 6.45) is 7.02. The summed E-state index contributed by atoms with van der Waals surface area (Å²) < 4.78 is 4.78. The lowest BCUT2D eigenvalue weighted by atomic mass is 9.89. The number of ether oxygens (including phenoxy) is 1. The van der Waals surface area contributed by atoms with Gasteiger partial charge in [0.05, 0.1) is 43.2 Å². The zero-order valence-electron chi connectivity index (χ0n) is 33.3. The first-order chi connectivity index (χ1) is 28.2. The fourth-order valence-corrected chi connectivity index (χ4v) is 9.12. The molecule has 2 aromatic heterocycles. The van der Waals surface area contributed by atoms with E-state index in [2.05, 4.69) is 69.9 Å². The maximum atomic E-state index is 13.6. The van der Waals surface area contributed by atoms with E-state index >= 15 is 0 Å². The number of likely N-dealkylation sites (tertiary alicyclic amines) is 2. The van der Waals surface area contributed by atoms with Crippen molar-refractivity contribution >= 4 is 28.7 Å². The van der Waals surface area contributed by atoms with Crippen LogP contribution in [0.5, 0.6) is 0 Å². The van der Waals surface area contributed by atoms with Gasteiger partial charge in [0.1, 0.15) is 17.7 Å². The molecule has 9 rings (SSSR count). The number of aromatic amines is 2. The summed E-state index contributed by atoms with van der Waals surface area (Å²) in [4.78, 5) is 59.9. The van der Waals surface area contributed by atoms with Crippen LogP contribution in [0.3, 0.4) is 0 Å². The summed E-state index contributed by atoms with van der Waals surface area (Å²) in [6.45, 7) is 5.20. The Morgan fingerprint density at radius 3 is 2.26 bits per heavy atom. The van der Waals surface area contributed by atoms with Crippen LogP contribution in [-0.4, -0.2) is 73.9 Å². The molecule has 2 saturated heterocycles. The van der Waals surface area contributed by atoms with E-state index in [9.17, 15) is 14.4 Å². The van der Waals surface area contributed by atoms with Crippen molar-refractivity contribution in [2.75, 3.05) is 20.2 Å². The normalized spacial score (nSPS) is 18.0. The minimum absolute atomic E-state index is 0.0212. The average Bonchev–Trinajstić information content (AvgIpc) is 4.08. The van der Waals surface area contributed by atoms with E-state index in [-0.39, 0.29) is 29.8 Å². The molecule has 0 radical (unpaired) electrons. The number of aryl methyl sites for hydroxylation is 2. The molecule has 3 atom stereocenters. The molecular weight excluding hydrogens is 727 g/mol. The van der Waals surface area contributed by atoms with Crippen molar-refractivity contribution in [1.29, 1.82) is 0 Å². The molecule has 296 valence electrons. The number of rotatable bonds is 9. The highest BCUT2D eigenvalue weighted by molar-refractivity contribution is 5.91. The van der Waals surface area contributed by atoms with Gasteiger partial charge in [0.15, 0.2) is 0 Å². The summed E-state index contributed by atoms with van der Waals surface area (Å²) in [5.41, 5.74) is 9.91. The number of amides is 3. The molecule has 2 fully saturated rings. The van der Waals surface area contributed by atoms with Crippen molar-refractivity contribution in [3.63, 3.8) is 0 Å². The minimum Gasteiger partial charge on any atom is -0.453 e. The van der Waals surface area contributed by atoms with E-state index in [4.69, 9.17) is 14.7 Å². The van der Waals surface area contributed by atoms with Gasteiger partial charge in [-0.2, -0.15) is 0 Å². The van der Waals surface area contributed by atoms with Crippen LogP contribution in [0.2, 0.25) is 0 Å². The van der Waals surface area contributed by atoms with Gasteiger partial charge in [-0.25, -0.2) is 14.8 Å². The highest BCUT2D eigenvalue weighted by atomic mass is 16.5. The summed E-state index contributed by atoms with van der Waals surface area (Å²) in [7, 11) is 1.30. The maximum absolute atomic E-state index is 13.6. The monoisotopic (exact) mass is 775 g/mol. The van der Waals surface area contributed by atoms with Gasteiger partial charge in [-0.1, -0.05) is 86.6 Å². The van der Waals surface area contributed by atoms with Gasteiger partial charge in [-0.15, -0.1) is 0 Å². The van der Waals surface area contributed by atoms with E-state index in [0.29, 0.717) is 13.0 Å². The predicted octanol–water partition coefficient (Wildman–Crippen LogP) is 8.34. The molecule has 1 aliphatic carbocycles. The second-order valence-corrected chi connectivity index (χ2v) is 16.2. The van der Waals surface area contributed by atoms with E-state index in [1.807, 2.05) is 60.2 Å². The molecule has 0 spiro atoms. The van der Waals surface area contributed by atoms with Crippen LogP contribution in [0, 0.1) is 5.92 Å². The van der Waals surface area contributed by atoms with Crippen LogP contribution in [0.4, 0.5) is 4.79 Å². The lowest BCUT2D eigenvalue weighted by molar-refractivity contribution is -0.135. The van der Waals surface area contributed by atoms with Crippen molar-refractivity contribution in [3.05, 3.63) is 120 Å². The molecule has 11 nitrogen and oxygen atoms in total.